The molecule has 2 nitrogen and oxygen atoms in total. The van der Waals surface area contributed by atoms with E-state index in [1.165, 1.54) is 44.5 Å². The Labute approximate surface area is 155 Å². The fraction of sp³-hybridized carbons (Fsp3) is 0.167. The summed E-state index contributed by atoms with van der Waals surface area (Å²) >= 11 is 0. The maximum atomic E-state index is 2.32. The largest absolute Gasteiger partial charge is 0.214 e. The van der Waals surface area contributed by atoms with Crippen LogP contribution in [0.2, 0.25) is 0 Å². The van der Waals surface area contributed by atoms with Crippen molar-refractivity contribution in [2.75, 3.05) is 0 Å². The highest BCUT2D eigenvalue weighted by atomic mass is 15.0. The Bertz CT molecular complexity index is 1130. The van der Waals surface area contributed by atoms with Gasteiger partial charge in [-0.3, -0.25) is 0 Å². The molecule has 0 aliphatic carbocycles. The lowest BCUT2D eigenvalue weighted by Gasteiger charge is -2.10. The predicted molar refractivity (Wildman–Crippen MR) is 106 cm³/mol. The summed E-state index contributed by atoms with van der Waals surface area (Å²) in [7, 11) is 2.10. The second kappa shape index (κ2) is 6.38. The highest BCUT2D eigenvalue weighted by Gasteiger charge is 2.21. The first kappa shape index (κ1) is 16.5. The van der Waals surface area contributed by atoms with Gasteiger partial charge in [-0.2, -0.15) is 4.57 Å². The highest BCUT2D eigenvalue weighted by molar-refractivity contribution is 5.81. The molecule has 0 spiro atoms. The Morgan fingerprint density at radius 1 is 0.769 bits per heavy atom. The molecule has 2 aromatic carbocycles. The van der Waals surface area contributed by atoms with E-state index in [0.29, 0.717) is 0 Å². The second-order valence-corrected chi connectivity index (χ2v) is 7.07. The third kappa shape index (κ3) is 2.78. The van der Waals surface area contributed by atoms with E-state index in [-0.39, 0.29) is 0 Å². The van der Waals surface area contributed by atoms with Crippen LogP contribution >= 0.6 is 0 Å². The second-order valence-electron chi connectivity index (χ2n) is 7.07. The Kier molecular flexibility index (Phi) is 4.04. The summed E-state index contributed by atoms with van der Waals surface area (Å²) in [4.78, 5) is 0. The zero-order valence-corrected chi connectivity index (χ0v) is 15.8. The molecule has 0 fully saturated rings. The van der Waals surface area contributed by atoms with Gasteiger partial charge >= 0.3 is 0 Å². The molecule has 2 heterocycles. The van der Waals surface area contributed by atoms with Crippen LogP contribution in [0.5, 0.6) is 0 Å². The van der Waals surface area contributed by atoms with Gasteiger partial charge in [0.15, 0.2) is 18.1 Å². The molecule has 0 saturated carbocycles. The monoisotopic (exact) mass is 340 g/mol. The summed E-state index contributed by atoms with van der Waals surface area (Å²) in [5.74, 6) is 0. The van der Waals surface area contributed by atoms with Gasteiger partial charge in [-0.25, -0.2) is 4.57 Å². The van der Waals surface area contributed by atoms with E-state index in [1.54, 1.807) is 0 Å². The smallest absolute Gasteiger partial charge is 0.201 e. The van der Waals surface area contributed by atoms with E-state index in [2.05, 4.69) is 110 Å². The van der Waals surface area contributed by atoms with Gasteiger partial charge in [0.05, 0.1) is 5.56 Å². The molecule has 26 heavy (non-hydrogen) atoms. The minimum absolute atomic E-state index is 1.23. The summed E-state index contributed by atoms with van der Waals surface area (Å²) < 4.78 is 4.50. The van der Waals surface area contributed by atoms with Crippen molar-refractivity contribution in [3.05, 3.63) is 89.9 Å². The first-order chi connectivity index (χ1) is 12.5. The molecule has 0 aliphatic rings. The van der Waals surface area contributed by atoms with Crippen LogP contribution in [0.3, 0.4) is 0 Å². The lowest BCUT2D eigenvalue weighted by Crippen LogP contribution is -2.35. The van der Waals surface area contributed by atoms with E-state index in [4.69, 9.17) is 0 Å². The Balaban J connectivity index is 1.99. The molecule has 4 aromatic rings. The fourth-order valence-corrected chi connectivity index (χ4v) is 3.71. The summed E-state index contributed by atoms with van der Waals surface area (Å²) in [5.41, 5.74) is 7.55. The first-order valence-corrected chi connectivity index (χ1v) is 9.02. The number of aromatic nitrogens is 2. The van der Waals surface area contributed by atoms with Gasteiger partial charge in [0.1, 0.15) is 7.05 Å². The summed E-state index contributed by atoms with van der Waals surface area (Å²) in [6.07, 6.45) is 4.35. The van der Waals surface area contributed by atoms with Crippen LogP contribution in [-0.4, -0.2) is 0 Å². The Morgan fingerprint density at radius 3 is 2.27 bits per heavy atom. The molecule has 0 N–H and O–H groups in total. The minimum Gasteiger partial charge on any atom is -0.201 e. The molecule has 4 rings (SSSR count). The van der Waals surface area contributed by atoms with Gasteiger partial charge in [0.25, 0.3) is 0 Å². The lowest BCUT2D eigenvalue weighted by atomic mass is 9.99. The number of nitrogens with zero attached hydrogens (tertiary/aromatic N) is 2. The van der Waals surface area contributed by atoms with Gasteiger partial charge in [-0.05, 0) is 43.0 Å². The maximum Gasteiger partial charge on any atom is 0.214 e. The van der Waals surface area contributed by atoms with Crippen LogP contribution in [0.1, 0.15) is 16.8 Å². The normalized spacial score (nSPS) is 11.1. The molecule has 2 aromatic heterocycles. The molecule has 0 radical (unpaired) electrons. The van der Waals surface area contributed by atoms with Gasteiger partial charge < -0.3 is 0 Å². The number of rotatable bonds is 2. The molecular weight excluding hydrogens is 316 g/mol. The van der Waals surface area contributed by atoms with Crippen LogP contribution in [0.15, 0.2) is 73.1 Å². The van der Waals surface area contributed by atoms with Crippen LogP contribution in [0.4, 0.5) is 0 Å². The van der Waals surface area contributed by atoms with E-state index in [1.807, 2.05) is 0 Å². The molecule has 128 valence electrons. The van der Waals surface area contributed by atoms with E-state index in [0.717, 1.165) is 0 Å². The lowest BCUT2D eigenvalue weighted by molar-refractivity contribution is -0.660. The fourth-order valence-electron chi connectivity index (χ4n) is 3.71. The standard InChI is InChI=1S/C24H24N2/c1-17-13-22(23-11-7-8-12-25(23)4)19(3)24(14-17)26-16-21-10-6-5-9-20(21)15-18(26)2/h5-16H,1-4H3/q+2. The van der Waals surface area contributed by atoms with E-state index < -0.39 is 0 Å². The zero-order chi connectivity index (χ0) is 18.3. The van der Waals surface area contributed by atoms with Gasteiger partial charge in [-0.15, -0.1) is 0 Å². The zero-order valence-electron chi connectivity index (χ0n) is 15.8. The number of fused-ring (bicyclic) bond motifs is 1. The topological polar surface area (TPSA) is 7.76 Å². The summed E-state index contributed by atoms with van der Waals surface area (Å²) in [6, 6.07) is 21.7. The quantitative estimate of drug-likeness (QED) is 0.474. The molecular formula is C24H24N2+2. The number of pyridine rings is 2. The predicted octanol–water partition coefficient (Wildman–Crippen LogP) is 4.53. The van der Waals surface area contributed by atoms with Gasteiger partial charge in [-0.1, -0.05) is 18.2 Å². The summed E-state index contributed by atoms with van der Waals surface area (Å²) in [5, 5.41) is 2.53. The highest BCUT2D eigenvalue weighted by Crippen LogP contribution is 2.26. The molecule has 0 saturated heterocycles. The van der Waals surface area contributed by atoms with E-state index in [9.17, 15) is 0 Å². The molecule has 0 bridgehead atoms. The minimum atomic E-state index is 1.23. The molecule has 0 aliphatic heterocycles. The maximum absolute atomic E-state index is 2.32. The summed E-state index contributed by atoms with van der Waals surface area (Å²) in [6.45, 7) is 6.57. The van der Waals surface area contributed by atoms with E-state index >= 15 is 0 Å². The van der Waals surface area contributed by atoms with Crippen molar-refractivity contribution in [2.24, 2.45) is 7.05 Å². The van der Waals surface area contributed by atoms with Crippen molar-refractivity contribution in [3.8, 4) is 16.9 Å². The number of benzene rings is 2. The van der Waals surface area contributed by atoms with Gasteiger partial charge in [0, 0.05) is 42.1 Å². The Morgan fingerprint density at radius 2 is 1.50 bits per heavy atom. The Hall–Kier alpha value is -3.00. The number of hydrogen-bond donors (Lipinski definition) is 0. The molecule has 2 heteroatoms. The van der Waals surface area contributed by atoms with Gasteiger partial charge in [0.2, 0.25) is 11.4 Å². The first-order valence-electron chi connectivity index (χ1n) is 9.02. The van der Waals surface area contributed by atoms with Crippen LogP contribution in [-0.2, 0) is 7.05 Å². The van der Waals surface area contributed by atoms with Crippen molar-refractivity contribution < 1.29 is 9.13 Å². The van der Waals surface area contributed by atoms with Crippen molar-refractivity contribution in [1.82, 2.24) is 0 Å². The third-order valence-electron chi connectivity index (χ3n) is 5.12. The van der Waals surface area contributed by atoms with Crippen molar-refractivity contribution in [3.63, 3.8) is 0 Å². The van der Waals surface area contributed by atoms with Crippen molar-refractivity contribution in [1.29, 1.82) is 0 Å². The molecule has 0 unspecified atom stereocenters. The molecule has 0 amide bonds. The van der Waals surface area contributed by atoms with Crippen LogP contribution in [0.25, 0.3) is 27.7 Å². The number of hydrogen-bond acceptors (Lipinski definition) is 0. The number of aryl methyl sites for hydroxylation is 3. The third-order valence-corrected chi connectivity index (χ3v) is 5.12. The molecule has 0 atom stereocenters. The van der Waals surface area contributed by atoms with Crippen molar-refractivity contribution >= 4 is 10.8 Å². The average molecular weight is 340 g/mol. The van der Waals surface area contributed by atoms with Crippen LogP contribution in [0, 0.1) is 20.8 Å². The van der Waals surface area contributed by atoms with Crippen LogP contribution < -0.4 is 9.13 Å². The van der Waals surface area contributed by atoms with Crippen molar-refractivity contribution in [2.45, 2.75) is 20.8 Å². The average Bonchev–Trinajstić information content (AvgIpc) is 2.63. The SMILES string of the molecule is Cc1cc(-c2cccc[n+]2C)c(C)c(-[n+]2cc3ccccc3cc2C)c1.